The SMILES string of the molecule is Cc1cc(-c2nc3ccc(CN[C@H](C(=O)OC4CCOC4)[C@H](C)O)cc3n2C[C@H]2CCCCO2)cn(C)c1=O. The molecule has 10 heteroatoms. The second-order valence-corrected chi connectivity index (χ2v) is 10.7. The Morgan fingerprint density at radius 1 is 1.26 bits per heavy atom. The highest BCUT2D eigenvalue weighted by atomic mass is 16.6. The first-order chi connectivity index (χ1) is 18.8. The number of hydrogen-bond donors (Lipinski definition) is 2. The van der Waals surface area contributed by atoms with Crippen molar-refractivity contribution in [1.82, 2.24) is 19.4 Å². The Morgan fingerprint density at radius 2 is 2.10 bits per heavy atom. The van der Waals surface area contributed by atoms with Crippen LogP contribution in [-0.4, -0.2) is 69.4 Å². The van der Waals surface area contributed by atoms with Crippen LogP contribution >= 0.6 is 0 Å². The monoisotopic (exact) mass is 538 g/mol. The predicted octanol–water partition coefficient (Wildman–Crippen LogP) is 2.45. The van der Waals surface area contributed by atoms with Crippen LogP contribution in [-0.2, 0) is 39.1 Å². The Kier molecular flexibility index (Phi) is 8.46. The van der Waals surface area contributed by atoms with Crippen LogP contribution in [0.25, 0.3) is 22.4 Å². The number of benzene rings is 1. The first kappa shape index (κ1) is 27.5. The van der Waals surface area contributed by atoms with Crippen LogP contribution < -0.4 is 10.9 Å². The van der Waals surface area contributed by atoms with Gasteiger partial charge in [0.15, 0.2) is 0 Å². The van der Waals surface area contributed by atoms with Gasteiger partial charge >= 0.3 is 5.97 Å². The maximum absolute atomic E-state index is 12.7. The molecule has 2 aromatic heterocycles. The molecule has 2 aliphatic rings. The number of nitrogens with zero attached hydrogens (tertiary/aromatic N) is 3. The van der Waals surface area contributed by atoms with Crippen molar-refractivity contribution in [2.75, 3.05) is 19.8 Å². The highest BCUT2D eigenvalue weighted by Crippen LogP contribution is 2.28. The van der Waals surface area contributed by atoms with E-state index in [1.54, 1.807) is 18.5 Å². The summed E-state index contributed by atoms with van der Waals surface area (Å²) in [7, 11) is 1.75. The van der Waals surface area contributed by atoms with Crippen LogP contribution in [0.3, 0.4) is 0 Å². The lowest BCUT2D eigenvalue weighted by Crippen LogP contribution is -2.46. The Labute approximate surface area is 227 Å². The number of imidazole rings is 1. The van der Waals surface area contributed by atoms with E-state index >= 15 is 0 Å². The number of nitrogens with one attached hydrogen (secondary N) is 1. The van der Waals surface area contributed by atoms with Gasteiger partial charge in [0.05, 0.1) is 43.0 Å². The molecule has 2 aliphatic heterocycles. The molecule has 1 unspecified atom stereocenters. The van der Waals surface area contributed by atoms with Crippen molar-refractivity contribution in [2.45, 2.75) is 77.0 Å². The standard InChI is InChI=1S/C29H38N4O6/c1-18-12-21(15-32(3)28(18)35)27-31-24-8-7-20(13-25(24)33(27)16-22-6-4-5-10-38-22)14-30-26(19(2)34)29(36)39-23-9-11-37-17-23/h7-8,12-13,15,19,22-23,26,30,34H,4-6,9-11,14,16-17H2,1-3H3/t19-,22+,23?,26-/m0/s1. The largest absolute Gasteiger partial charge is 0.459 e. The molecular formula is C29H38N4O6. The van der Waals surface area contributed by atoms with Crippen molar-refractivity contribution in [3.63, 3.8) is 0 Å². The lowest BCUT2D eigenvalue weighted by atomic mass is 10.1. The number of esters is 1. The zero-order chi connectivity index (χ0) is 27.5. The number of rotatable bonds is 9. The molecule has 0 amide bonds. The highest BCUT2D eigenvalue weighted by molar-refractivity contribution is 5.81. The van der Waals surface area contributed by atoms with Gasteiger partial charge in [-0.2, -0.15) is 0 Å². The maximum Gasteiger partial charge on any atom is 0.326 e. The van der Waals surface area contributed by atoms with Gasteiger partial charge in [-0.15, -0.1) is 0 Å². The van der Waals surface area contributed by atoms with E-state index in [1.165, 1.54) is 0 Å². The third-order valence-corrected chi connectivity index (χ3v) is 7.53. The Balaban J connectivity index is 1.43. The van der Waals surface area contributed by atoms with Crippen LogP contribution in [0.2, 0.25) is 0 Å². The van der Waals surface area contributed by atoms with E-state index in [-0.39, 0.29) is 17.8 Å². The summed E-state index contributed by atoms with van der Waals surface area (Å²) in [5.74, 6) is 0.306. The lowest BCUT2D eigenvalue weighted by Gasteiger charge is -2.24. The van der Waals surface area contributed by atoms with Crippen molar-refractivity contribution >= 4 is 17.0 Å². The lowest BCUT2D eigenvalue weighted by molar-refractivity contribution is -0.154. The van der Waals surface area contributed by atoms with E-state index in [0.29, 0.717) is 38.3 Å². The van der Waals surface area contributed by atoms with Gasteiger partial charge < -0.3 is 28.5 Å². The van der Waals surface area contributed by atoms with Gasteiger partial charge in [-0.25, -0.2) is 4.98 Å². The van der Waals surface area contributed by atoms with E-state index < -0.39 is 18.1 Å². The van der Waals surface area contributed by atoms with Gasteiger partial charge in [0.2, 0.25) is 0 Å². The van der Waals surface area contributed by atoms with Crippen molar-refractivity contribution in [2.24, 2.45) is 7.05 Å². The highest BCUT2D eigenvalue weighted by Gasteiger charge is 2.29. The van der Waals surface area contributed by atoms with Crippen LogP contribution in [0.15, 0.2) is 35.3 Å². The van der Waals surface area contributed by atoms with Gasteiger partial charge in [-0.3, -0.25) is 14.9 Å². The van der Waals surface area contributed by atoms with Crippen molar-refractivity contribution in [1.29, 1.82) is 0 Å². The Hall–Kier alpha value is -3.05. The molecule has 10 nitrogen and oxygen atoms in total. The summed E-state index contributed by atoms with van der Waals surface area (Å²) in [6.07, 6.45) is 4.57. The number of ether oxygens (including phenoxy) is 3. The number of pyridine rings is 1. The minimum Gasteiger partial charge on any atom is -0.459 e. The van der Waals surface area contributed by atoms with Gasteiger partial charge in [0.1, 0.15) is 18.0 Å². The second-order valence-electron chi connectivity index (χ2n) is 10.7. The molecule has 2 N–H and O–H groups in total. The predicted molar refractivity (Wildman–Crippen MR) is 146 cm³/mol. The molecule has 0 saturated carbocycles. The second kappa shape index (κ2) is 12.0. The smallest absolute Gasteiger partial charge is 0.326 e. The fraction of sp³-hybridized carbons (Fsp3) is 0.552. The number of fused-ring (bicyclic) bond motifs is 1. The molecule has 0 bridgehead atoms. The molecule has 4 heterocycles. The average Bonchev–Trinajstić information content (AvgIpc) is 3.55. The van der Waals surface area contributed by atoms with E-state index in [2.05, 4.69) is 16.0 Å². The van der Waals surface area contributed by atoms with Gasteiger partial charge in [-0.05, 0) is 56.9 Å². The number of aryl methyl sites for hydroxylation is 2. The zero-order valence-corrected chi connectivity index (χ0v) is 22.9. The summed E-state index contributed by atoms with van der Waals surface area (Å²) in [6, 6.07) is 7.03. The van der Waals surface area contributed by atoms with Crippen molar-refractivity contribution < 1.29 is 24.1 Å². The number of carbonyl (C=O) groups is 1. The minimum atomic E-state index is -0.919. The molecule has 2 saturated heterocycles. The summed E-state index contributed by atoms with van der Waals surface area (Å²) in [4.78, 5) is 30.0. The molecule has 2 fully saturated rings. The number of aliphatic hydroxyl groups excluding tert-OH is 1. The molecule has 39 heavy (non-hydrogen) atoms. The van der Waals surface area contributed by atoms with Gasteiger partial charge in [0, 0.05) is 43.9 Å². The Morgan fingerprint density at radius 3 is 2.79 bits per heavy atom. The number of aromatic nitrogens is 3. The van der Waals surface area contributed by atoms with E-state index in [0.717, 1.165) is 53.9 Å². The first-order valence-corrected chi connectivity index (χ1v) is 13.8. The van der Waals surface area contributed by atoms with Crippen molar-refractivity contribution in [3.8, 4) is 11.4 Å². The average molecular weight is 539 g/mol. The fourth-order valence-corrected chi connectivity index (χ4v) is 5.36. The Bertz CT molecular complexity index is 1340. The first-order valence-electron chi connectivity index (χ1n) is 13.8. The molecule has 0 spiro atoms. The number of carbonyl (C=O) groups excluding carboxylic acids is 1. The van der Waals surface area contributed by atoms with E-state index in [1.807, 2.05) is 31.3 Å². The minimum absolute atomic E-state index is 0.0305. The molecule has 1 aromatic carbocycles. The number of hydrogen-bond acceptors (Lipinski definition) is 8. The molecule has 210 valence electrons. The number of aliphatic hydroxyl groups is 1. The van der Waals surface area contributed by atoms with Crippen LogP contribution in [0.1, 0.15) is 43.7 Å². The van der Waals surface area contributed by atoms with Crippen LogP contribution in [0.5, 0.6) is 0 Å². The summed E-state index contributed by atoms with van der Waals surface area (Å²) in [5, 5.41) is 13.5. The molecule has 5 rings (SSSR count). The zero-order valence-electron chi connectivity index (χ0n) is 22.9. The molecule has 4 atom stereocenters. The summed E-state index contributed by atoms with van der Waals surface area (Å²) in [6.45, 7) is 6.12. The van der Waals surface area contributed by atoms with E-state index in [9.17, 15) is 14.7 Å². The molecule has 0 aliphatic carbocycles. The quantitative estimate of drug-likeness (QED) is 0.399. The van der Waals surface area contributed by atoms with E-state index in [4.69, 9.17) is 19.2 Å². The normalized spacial score (nSPS) is 21.2. The van der Waals surface area contributed by atoms with Crippen molar-refractivity contribution in [3.05, 3.63) is 51.9 Å². The summed E-state index contributed by atoms with van der Waals surface area (Å²) >= 11 is 0. The third kappa shape index (κ3) is 6.24. The van der Waals surface area contributed by atoms with Gasteiger partial charge in [-0.1, -0.05) is 6.07 Å². The molecule has 3 aromatic rings. The van der Waals surface area contributed by atoms with Crippen LogP contribution in [0.4, 0.5) is 0 Å². The van der Waals surface area contributed by atoms with Gasteiger partial charge in [0.25, 0.3) is 5.56 Å². The molecule has 0 radical (unpaired) electrons. The maximum atomic E-state index is 12.7. The molecular weight excluding hydrogens is 500 g/mol. The van der Waals surface area contributed by atoms with Crippen LogP contribution in [0, 0.1) is 6.92 Å². The topological polar surface area (TPSA) is 117 Å². The fourth-order valence-electron chi connectivity index (χ4n) is 5.36. The summed E-state index contributed by atoms with van der Waals surface area (Å²) < 4.78 is 20.7. The third-order valence-electron chi connectivity index (χ3n) is 7.53. The summed E-state index contributed by atoms with van der Waals surface area (Å²) in [5.41, 5.74) is 4.23.